The lowest BCUT2D eigenvalue weighted by Crippen LogP contribution is -2.51. The molecule has 1 aromatic rings. The molecule has 2 aliphatic heterocycles. The number of carbonyl (C=O) groups is 1. The highest BCUT2D eigenvalue weighted by molar-refractivity contribution is 7.88. The Balaban J connectivity index is 1.56. The minimum absolute atomic E-state index is 0.161. The van der Waals surface area contributed by atoms with Crippen molar-refractivity contribution < 1.29 is 13.2 Å². The van der Waals surface area contributed by atoms with Gasteiger partial charge in [-0.3, -0.25) is 9.69 Å². The summed E-state index contributed by atoms with van der Waals surface area (Å²) >= 11 is 1.71. The van der Waals surface area contributed by atoms with E-state index in [4.69, 9.17) is 0 Å². The van der Waals surface area contributed by atoms with Crippen LogP contribution in [0.1, 0.15) is 23.8 Å². The molecular weight excluding hydrogens is 334 g/mol. The molecule has 0 bridgehead atoms. The number of amides is 1. The molecule has 2 aliphatic rings. The Morgan fingerprint density at radius 2 is 2.00 bits per heavy atom. The topological polar surface area (TPSA) is 60.9 Å². The quantitative estimate of drug-likeness (QED) is 0.806. The van der Waals surface area contributed by atoms with Gasteiger partial charge in [0, 0.05) is 37.6 Å². The second kappa shape index (κ2) is 6.88. The van der Waals surface area contributed by atoms with E-state index in [0.717, 1.165) is 19.4 Å². The predicted octanol–water partition coefficient (Wildman–Crippen LogP) is 0.989. The van der Waals surface area contributed by atoms with Crippen molar-refractivity contribution in [3.8, 4) is 0 Å². The largest absolute Gasteiger partial charge is 0.334 e. The number of hydrogen-bond donors (Lipinski definition) is 0. The van der Waals surface area contributed by atoms with Crippen molar-refractivity contribution in [1.82, 2.24) is 14.1 Å². The van der Waals surface area contributed by atoms with Gasteiger partial charge >= 0.3 is 0 Å². The van der Waals surface area contributed by atoms with E-state index < -0.39 is 10.0 Å². The number of rotatable bonds is 4. The highest BCUT2D eigenvalue weighted by Gasteiger charge is 2.32. The first kappa shape index (κ1) is 16.9. The highest BCUT2D eigenvalue weighted by atomic mass is 32.2. The minimum Gasteiger partial charge on any atom is -0.334 e. The number of carbonyl (C=O) groups excluding carboxylic acids is 1. The van der Waals surface area contributed by atoms with Gasteiger partial charge in [0.05, 0.1) is 18.8 Å². The Bertz CT molecular complexity index is 637. The molecule has 3 heterocycles. The fourth-order valence-electron chi connectivity index (χ4n) is 3.34. The summed E-state index contributed by atoms with van der Waals surface area (Å²) in [6, 6.07) is 4.36. The van der Waals surface area contributed by atoms with Crippen LogP contribution in [-0.4, -0.2) is 74.0 Å². The predicted molar refractivity (Wildman–Crippen MR) is 90.9 cm³/mol. The van der Waals surface area contributed by atoms with Crippen LogP contribution < -0.4 is 0 Å². The van der Waals surface area contributed by atoms with Crippen LogP contribution in [0.25, 0.3) is 0 Å². The molecule has 1 atom stereocenters. The molecule has 1 unspecified atom stereocenters. The van der Waals surface area contributed by atoms with Crippen LogP contribution in [-0.2, 0) is 14.8 Å². The van der Waals surface area contributed by atoms with Gasteiger partial charge in [-0.2, -0.15) is 4.31 Å². The maximum Gasteiger partial charge on any atom is 0.237 e. The third kappa shape index (κ3) is 3.93. The van der Waals surface area contributed by atoms with Gasteiger partial charge in [-0.05, 0) is 24.3 Å². The van der Waals surface area contributed by atoms with Crippen LogP contribution >= 0.6 is 11.3 Å². The molecule has 3 rings (SSSR count). The number of piperazine rings is 1. The van der Waals surface area contributed by atoms with Gasteiger partial charge in [-0.1, -0.05) is 6.07 Å². The molecule has 23 heavy (non-hydrogen) atoms. The molecule has 128 valence electrons. The molecule has 0 spiro atoms. The third-order valence-electron chi connectivity index (χ3n) is 4.60. The minimum atomic E-state index is -3.12. The van der Waals surface area contributed by atoms with E-state index in [0.29, 0.717) is 32.7 Å². The number of thiophene rings is 1. The molecule has 8 heteroatoms. The van der Waals surface area contributed by atoms with Crippen molar-refractivity contribution in [2.24, 2.45) is 0 Å². The molecule has 0 N–H and O–H groups in total. The normalized spacial score (nSPS) is 24.2. The van der Waals surface area contributed by atoms with E-state index in [1.807, 2.05) is 11.0 Å². The van der Waals surface area contributed by atoms with E-state index in [2.05, 4.69) is 16.3 Å². The molecule has 2 fully saturated rings. The smallest absolute Gasteiger partial charge is 0.237 e. The molecule has 0 aliphatic carbocycles. The first-order valence-corrected chi connectivity index (χ1v) is 10.7. The molecule has 1 aromatic heterocycles. The lowest BCUT2D eigenvalue weighted by Gasteiger charge is -2.34. The van der Waals surface area contributed by atoms with Crippen LogP contribution in [0.5, 0.6) is 0 Å². The highest BCUT2D eigenvalue weighted by Crippen LogP contribution is 2.34. The zero-order chi connectivity index (χ0) is 16.4. The Labute approximate surface area is 141 Å². The van der Waals surface area contributed by atoms with Crippen molar-refractivity contribution in [2.45, 2.75) is 18.9 Å². The summed E-state index contributed by atoms with van der Waals surface area (Å²) in [5.41, 5.74) is 0. The van der Waals surface area contributed by atoms with Gasteiger partial charge in [0.2, 0.25) is 15.9 Å². The van der Waals surface area contributed by atoms with Crippen LogP contribution in [0.15, 0.2) is 17.5 Å². The van der Waals surface area contributed by atoms with E-state index in [9.17, 15) is 13.2 Å². The molecule has 0 saturated carbocycles. The zero-order valence-electron chi connectivity index (χ0n) is 13.3. The van der Waals surface area contributed by atoms with Gasteiger partial charge in [0.25, 0.3) is 0 Å². The van der Waals surface area contributed by atoms with Gasteiger partial charge in [-0.15, -0.1) is 11.3 Å². The summed E-state index contributed by atoms with van der Waals surface area (Å²) in [6.07, 6.45) is 3.33. The number of nitrogens with zero attached hydrogens (tertiary/aromatic N) is 3. The van der Waals surface area contributed by atoms with Crippen molar-refractivity contribution >= 4 is 27.3 Å². The first-order chi connectivity index (χ1) is 10.9. The van der Waals surface area contributed by atoms with E-state index in [1.54, 1.807) is 11.3 Å². The zero-order valence-corrected chi connectivity index (χ0v) is 15.0. The number of sulfonamides is 1. The van der Waals surface area contributed by atoms with Crippen molar-refractivity contribution in [3.05, 3.63) is 22.4 Å². The molecule has 1 amide bonds. The maximum absolute atomic E-state index is 12.7. The summed E-state index contributed by atoms with van der Waals surface area (Å²) in [5, 5.41) is 2.06. The molecule has 0 aromatic carbocycles. The maximum atomic E-state index is 12.7. The monoisotopic (exact) mass is 357 g/mol. The Morgan fingerprint density at radius 3 is 2.61 bits per heavy atom. The van der Waals surface area contributed by atoms with Gasteiger partial charge in [-0.25, -0.2) is 8.42 Å². The Morgan fingerprint density at radius 1 is 1.26 bits per heavy atom. The second-order valence-corrected chi connectivity index (χ2v) is 9.16. The molecule has 6 nitrogen and oxygen atoms in total. The summed E-state index contributed by atoms with van der Waals surface area (Å²) in [5.74, 6) is 0.161. The van der Waals surface area contributed by atoms with Crippen molar-refractivity contribution in [1.29, 1.82) is 0 Å². The van der Waals surface area contributed by atoms with Crippen LogP contribution in [0.2, 0.25) is 0 Å². The van der Waals surface area contributed by atoms with E-state index in [-0.39, 0.29) is 11.9 Å². The Hall–Kier alpha value is -0.960. The van der Waals surface area contributed by atoms with Gasteiger partial charge in [0.1, 0.15) is 0 Å². The number of hydrogen-bond acceptors (Lipinski definition) is 5. The third-order valence-corrected chi connectivity index (χ3v) is 6.88. The standard InChI is InChI=1S/C15H23N3O3S2/c1-23(20,21)17-9-7-16(8-10-17)12-15(19)18-6-2-4-13(18)14-5-3-11-22-14/h3,5,11,13H,2,4,6-10,12H2,1H3. The first-order valence-electron chi connectivity index (χ1n) is 7.95. The lowest BCUT2D eigenvalue weighted by molar-refractivity contribution is -0.133. The second-order valence-electron chi connectivity index (χ2n) is 6.20. The SMILES string of the molecule is CS(=O)(=O)N1CCN(CC(=O)N2CCCC2c2cccs2)CC1. The van der Waals surface area contributed by atoms with Crippen molar-refractivity contribution in [3.63, 3.8) is 0 Å². The van der Waals surface area contributed by atoms with Gasteiger partial charge < -0.3 is 4.90 Å². The molecular formula is C15H23N3O3S2. The average Bonchev–Trinajstić information content (AvgIpc) is 3.17. The van der Waals surface area contributed by atoms with Crippen LogP contribution in [0, 0.1) is 0 Å². The summed E-state index contributed by atoms with van der Waals surface area (Å²) in [6.45, 7) is 3.40. The van der Waals surface area contributed by atoms with Crippen LogP contribution in [0.4, 0.5) is 0 Å². The van der Waals surface area contributed by atoms with E-state index in [1.165, 1.54) is 15.4 Å². The Kier molecular flexibility index (Phi) is 5.05. The lowest BCUT2D eigenvalue weighted by atomic mass is 10.2. The van der Waals surface area contributed by atoms with Crippen LogP contribution in [0.3, 0.4) is 0 Å². The number of likely N-dealkylation sites (tertiary alicyclic amines) is 1. The van der Waals surface area contributed by atoms with Gasteiger partial charge in [0.15, 0.2) is 0 Å². The molecule has 2 saturated heterocycles. The summed E-state index contributed by atoms with van der Waals surface area (Å²) in [4.78, 5) is 18.0. The average molecular weight is 358 g/mol. The van der Waals surface area contributed by atoms with Crippen molar-refractivity contribution in [2.75, 3.05) is 45.5 Å². The molecule has 0 radical (unpaired) electrons. The fraction of sp³-hybridized carbons (Fsp3) is 0.667. The van der Waals surface area contributed by atoms with E-state index >= 15 is 0 Å². The summed E-state index contributed by atoms with van der Waals surface area (Å²) < 4.78 is 24.5. The fourth-order valence-corrected chi connectivity index (χ4v) is 5.04. The summed E-state index contributed by atoms with van der Waals surface area (Å²) in [7, 11) is -3.12.